The predicted molar refractivity (Wildman–Crippen MR) is 85.0 cm³/mol. The largest absolute Gasteiger partial charge is 0.264 e. The van der Waals surface area contributed by atoms with Crippen molar-refractivity contribution in [2.24, 2.45) is 0 Å². The van der Waals surface area contributed by atoms with Crippen LogP contribution in [0.2, 0.25) is 0 Å². The van der Waals surface area contributed by atoms with Crippen LogP contribution in [0.15, 0.2) is 42.0 Å². The van der Waals surface area contributed by atoms with E-state index in [0.717, 1.165) is 16.3 Å². The van der Waals surface area contributed by atoms with Crippen molar-refractivity contribution < 1.29 is 0 Å². The van der Waals surface area contributed by atoms with Crippen LogP contribution in [0.5, 0.6) is 0 Å². The molecule has 0 aliphatic carbocycles. The molecule has 3 aromatic rings. The molecule has 0 fully saturated rings. The van der Waals surface area contributed by atoms with Gasteiger partial charge >= 0.3 is 0 Å². The van der Waals surface area contributed by atoms with E-state index in [0.29, 0.717) is 0 Å². The van der Waals surface area contributed by atoms with Crippen molar-refractivity contribution in [3.8, 4) is 21.8 Å². The Morgan fingerprint density at radius 2 is 1.80 bits per heavy atom. The molecule has 0 saturated carbocycles. The molecule has 2 heterocycles. The molecule has 2 nitrogen and oxygen atoms in total. The van der Waals surface area contributed by atoms with E-state index < -0.39 is 0 Å². The van der Waals surface area contributed by atoms with Crippen molar-refractivity contribution in [1.29, 1.82) is 0 Å². The third kappa shape index (κ3) is 2.37. The summed E-state index contributed by atoms with van der Waals surface area (Å²) < 4.78 is 0. The van der Waals surface area contributed by atoms with Crippen molar-refractivity contribution in [1.82, 2.24) is 9.97 Å². The molecule has 3 heteroatoms. The van der Waals surface area contributed by atoms with E-state index in [-0.39, 0.29) is 0 Å². The summed E-state index contributed by atoms with van der Waals surface area (Å²) in [4.78, 5) is 8.98. The Morgan fingerprint density at radius 3 is 2.55 bits per heavy atom. The van der Waals surface area contributed by atoms with E-state index in [1.807, 2.05) is 18.5 Å². The van der Waals surface area contributed by atoms with Crippen LogP contribution in [-0.2, 0) is 0 Å². The van der Waals surface area contributed by atoms with Crippen LogP contribution in [0.25, 0.3) is 21.8 Å². The Bertz CT molecular complexity index is 759. The number of nitrogens with zero attached hydrogens (tertiary/aromatic N) is 2. The number of aromatic nitrogens is 2. The normalized spacial score (nSPS) is 10.8. The van der Waals surface area contributed by atoms with Gasteiger partial charge in [-0.25, -0.2) is 4.98 Å². The van der Waals surface area contributed by atoms with E-state index in [9.17, 15) is 0 Å². The van der Waals surface area contributed by atoms with Crippen LogP contribution < -0.4 is 0 Å². The average Bonchev–Trinajstić information content (AvgIpc) is 2.88. The molecular formula is C17H16N2S. The molecule has 3 rings (SSSR count). The van der Waals surface area contributed by atoms with E-state index in [1.54, 1.807) is 11.3 Å². The lowest BCUT2D eigenvalue weighted by atomic mass is 10.0. The maximum atomic E-state index is 4.78. The van der Waals surface area contributed by atoms with Gasteiger partial charge in [0.05, 0.1) is 5.69 Å². The first-order valence-corrected chi connectivity index (χ1v) is 7.47. The van der Waals surface area contributed by atoms with Crippen molar-refractivity contribution in [3.05, 3.63) is 58.7 Å². The average molecular weight is 280 g/mol. The van der Waals surface area contributed by atoms with Crippen LogP contribution >= 0.6 is 11.3 Å². The van der Waals surface area contributed by atoms with Crippen LogP contribution in [-0.4, -0.2) is 9.97 Å². The molecule has 2 aromatic heterocycles. The summed E-state index contributed by atoms with van der Waals surface area (Å²) in [6, 6.07) is 8.51. The molecule has 0 bridgehead atoms. The zero-order valence-electron chi connectivity index (χ0n) is 11.8. The highest BCUT2D eigenvalue weighted by Gasteiger charge is 2.10. The Labute approximate surface area is 123 Å². The lowest BCUT2D eigenvalue weighted by molar-refractivity contribution is 1.27. The highest BCUT2D eigenvalue weighted by molar-refractivity contribution is 7.13. The molecule has 1 aromatic carbocycles. The van der Waals surface area contributed by atoms with Gasteiger partial charge in [0.1, 0.15) is 5.01 Å². The lowest BCUT2D eigenvalue weighted by Gasteiger charge is -2.04. The smallest absolute Gasteiger partial charge is 0.125 e. The number of hydrogen-bond acceptors (Lipinski definition) is 3. The van der Waals surface area contributed by atoms with Gasteiger partial charge in [-0.3, -0.25) is 4.98 Å². The minimum atomic E-state index is 1.03. The summed E-state index contributed by atoms with van der Waals surface area (Å²) in [6.07, 6.45) is 3.71. The van der Waals surface area contributed by atoms with E-state index in [1.165, 1.54) is 22.3 Å². The first-order valence-electron chi connectivity index (χ1n) is 6.59. The highest BCUT2D eigenvalue weighted by Crippen LogP contribution is 2.31. The second kappa shape index (κ2) is 5.17. The van der Waals surface area contributed by atoms with Gasteiger partial charge in [-0.15, -0.1) is 11.3 Å². The van der Waals surface area contributed by atoms with Crippen LogP contribution in [0.1, 0.15) is 16.7 Å². The first kappa shape index (κ1) is 13.0. The topological polar surface area (TPSA) is 25.8 Å². The van der Waals surface area contributed by atoms with Gasteiger partial charge in [0.2, 0.25) is 0 Å². The van der Waals surface area contributed by atoms with Crippen molar-refractivity contribution >= 4 is 11.3 Å². The summed E-state index contributed by atoms with van der Waals surface area (Å²) >= 11 is 1.67. The van der Waals surface area contributed by atoms with Crippen molar-refractivity contribution in [2.75, 3.05) is 0 Å². The molecule has 20 heavy (non-hydrogen) atoms. The zero-order chi connectivity index (χ0) is 14.1. The third-order valence-electron chi connectivity index (χ3n) is 3.43. The minimum absolute atomic E-state index is 1.03. The number of hydrogen-bond donors (Lipinski definition) is 0. The molecule has 0 N–H and O–H groups in total. The maximum Gasteiger partial charge on any atom is 0.125 e. The Kier molecular flexibility index (Phi) is 3.36. The van der Waals surface area contributed by atoms with Gasteiger partial charge in [0.25, 0.3) is 0 Å². The number of thiazole rings is 1. The third-order valence-corrected chi connectivity index (χ3v) is 4.31. The first-order chi connectivity index (χ1) is 9.65. The fourth-order valence-corrected chi connectivity index (χ4v) is 3.20. The second-order valence-corrected chi connectivity index (χ2v) is 5.90. The van der Waals surface area contributed by atoms with Crippen LogP contribution in [0.3, 0.4) is 0 Å². The number of benzene rings is 1. The Morgan fingerprint density at radius 1 is 0.950 bits per heavy atom. The summed E-state index contributed by atoms with van der Waals surface area (Å²) in [6.45, 7) is 6.34. The van der Waals surface area contributed by atoms with Crippen molar-refractivity contribution in [3.63, 3.8) is 0 Å². The predicted octanol–water partition coefficient (Wildman–Crippen LogP) is 4.80. The monoisotopic (exact) mass is 280 g/mol. The lowest BCUT2D eigenvalue weighted by Crippen LogP contribution is -1.87. The van der Waals surface area contributed by atoms with Gasteiger partial charge in [-0.1, -0.05) is 23.8 Å². The van der Waals surface area contributed by atoms with Crippen LogP contribution in [0, 0.1) is 20.8 Å². The molecule has 0 aliphatic rings. The van der Waals surface area contributed by atoms with E-state index in [2.05, 4.69) is 49.3 Å². The summed E-state index contributed by atoms with van der Waals surface area (Å²) in [7, 11) is 0. The molecule has 100 valence electrons. The number of aryl methyl sites for hydroxylation is 3. The second-order valence-electron chi connectivity index (χ2n) is 5.05. The number of rotatable bonds is 2. The van der Waals surface area contributed by atoms with Crippen LogP contribution in [0.4, 0.5) is 0 Å². The van der Waals surface area contributed by atoms with E-state index >= 15 is 0 Å². The maximum absolute atomic E-state index is 4.78. The molecule has 0 atom stereocenters. The zero-order valence-corrected chi connectivity index (χ0v) is 12.7. The fraction of sp³-hybridized carbons (Fsp3) is 0.176. The summed E-state index contributed by atoms with van der Waals surface area (Å²) in [5, 5.41) is 3.16. The molecule has 0 aliphatic heterocycles. The van der Waals surface area contributed by atoms with Crippen molar-refractivity contribution in [2.45, 2.75) is 20.8 Å². The van der Waals surface area contributed by atoms with Gasteiger partial charge in [-0.05, 0) is 38.0 Å². The SMILES string of the molecule is Cc1ccc(-c2csc(-c3cnccc3C)n2)c(C)c1. The molecule has 0 saturated heterocycles. The van der Waals surface area contributed by atoms with Gasteiger partial charge in [0, 0.05) is 28.9 Å². The fourth-order valence-electron chi connectivity index (χ4n) is 2.31. The van der Waals surface area contributed by atoms with Gasteiger partial charge in [0.15, 0.2) is 0 Å². The molecular weight excluding hydrogens is 264 g/mol. The Hall–Kier alpha value is -2.00. The Balaban J connectivity index is 2.04. The quantitative estimate of drug-likeness (QED) is 0.674. The minimum Gasteiger partial charge on any atom is -0.264 e. The van der Waals surface area contributed by atoms with Gasteiger partial charge in [-0.2, -0.15) is 0 Å². The molecule has 0 amide bonds. The van der Waals surface area contributed by atoms with E-state index in [4.69, 9.17) is 4.98 Å². The summed E-state index contributed by atoms with van der Waals surface area (Å²) in [5.74, 6) is 0. The standard InChI is InChI=1S/C17H16N2S/c1-11-4-5-14(13(3)8-11)16-10-20-17(19-16)15-9-18-7-6-12(15)2/h4-10H,1-3H3. The number of pyridine rings is 1. The highest BCUT2D eigenvalue weighted by atomic mass is 32.1. The molecule has 0 radical (unpaired) electrons. The molecule has 0 spiro atoms. The molecule has 0 unspecified atom stereocenters. The summed E-state index contributed by atoms with van der Waals surface area (Å²) in [5.41, 5.74) is 7.13. The van der Waals surface area contributed by atoms with Gasteiger partial charge < -0.3 is 0 Å².